The third-order valence-electron chi connectivity index (χ3n) is 2.50. The quantitative estimate of drug-likeness (QED) is 0.891. The van der Waals surface area contributed by atoms with E-state index in [0.717, 1.165) is 11.3 Å². The molecule has 0 aliphatic carbocycles. The number of halogens is 1. The molecule has 0 aliphatic rings. The van der Waals surface area contributed by atoms with Crippen molar-refractivity contribution in [3.05, 3.63) is 54.2 Å². The van der Waals surface area contributed by atoms with Gasteiger partial charge in [0.25, 0.3) is 0 Å². The molecule has 0 aliphatic heterocycles. The van der Waals surface area contributed by atoms with E-state index in [9.17, 15) is 4.79 Å². The van der Waals surface area contributed by atoms with Crippen molar-refractivity contribution in [2.24, 2.45) is 5.73 Å². The number of nitrogens with zero attached hydrogens (tertiary/aromatic N) is 1. The fourth-order valence-electron chi connectivity index (χ4n) is 1.54. The lowest BCUT2D eigenvalue weighted by Gasteiger charge is -2.07. The lowest BCUT2D eigenvalue weighted by molar-refractivity contribution is -0.138. The van der Waals surface area contributed by atoms with Crippen molar-refractivity contribution in [3.63, 3.8) is 0 Å². The number of aromatic nitrogens is 1. The van der Waals surface area contributed by atoms with Gasteiger partial charge in [-0.2, -0.15) is 0 Å². The molecule has 94 valence electrons. The summed E-state index contributed by atoms with van der Waals surface area (Å²) in [5.41, 5.74) is 7.88. The molecule has 2 aromatic rings. The van der Waals surface area contributed by atoms with Crippen molar-refractivity contribution in [2.45, 2.75) is 6.04 Å². The average Bonchev–Trinajstić information content (AvgIpc) is 2.39. The van der Waals surface area contributed by atoms with Crippen LogP contribution in [0.25, 0.3) is 11.3 Å². The third kappa shape index (κ3) is 3.06. The molecule has 0 spiro atoms. The number of hydrogen-bond acceptors (Lipinski definition) is 3. The van der Waals surface area contributed by atoms with Crippen molar-refractivity contribution in [3.8, 4) is 11.3 Å². The fourth-order valence-corrected chi connectivity index (χ4v) is 1.54. The van der Waals surface area contributed by atoms with E-state index in [-0.39, 0.29) is 12.4 Å². The SMILES string of the molecule is Cl.NC(C(=O)O)c1ccc(-c2ccccn2)cc1. The molecule has 1 unspecified atom stereocenters. The number of hydrogen-bond donors (Lipinski definition) is 2. The van der Waals surface area contributed by atoms with Crippen molar-refractivity contribution >= 4 is 18.4 Å². The molecule has 0 fully saturated rings. The number of carboxylic acid groups (broad SMARTS) is 1. The highest BCUT2D eigenvalue weighted by atomic mass is 35.5. The summed E-state index contributed by atoms with van der Waals surface area (Å²) in [7, 11) is 0. The van der Waals surface area contributed by atoms with Gasteiger partial charge in [-0.1, -0.05) is 30.3 Å². The fraction of sp³-hybridized carbons (Fsp3) is 0.0769. The molecule has 4 nitrogen and oxygen atoms in total. The van der Waals surface area contributed by atoms with E-state index in [4.69, 9.17) is 10.8 Å². The van der Waals surface area contributed by atoms with Crippen LogP contribution in [0.1, 0.15) is 11.6 Å². The first-order chi connectivity index (χ1) is 8.18. The molecule has 1 heterocycles. The second-order valence-corrected chi connectivity index (χ2v) is 3.65. The van der Waals surface area contributed by atoms with Gasteiger partial charge in [-0.15, -0.1) is 12.4 Å². The second-order valence-electron chi connectivity index (χ2n) is 3.65. The minimum absolute atomic E-state index is 0. The molecule has 5 heteroatoms. The Bertz CT molecular complexity index is 514. The summed E-state index contributed by atoms with van der Waals surface area (Å²) in [4.78, 5) is 14.9. The standard InChI is InChI=1S/C13H12N2O2.ClH/c14-12(13(16)17)10-6-4-9(5-7-10)11-3-1-2-8-15-11;/h1-8,12H,14H2,(H,16,17);1H. The maximum Gasteiger partial charge on any atom is 0.325 e. The van der Waals surface area contributed by atoms with Crippen molar-refractivity contribution in [2.75, 3.05) is 0 Å². The van der Waals surface area contributed by atoms with Crippen molar-refractivity contribution in [1.29, 1.82) is 0 Å². The average molecular weight is 265 g/mol. The van der Waals surface area contributed by atoms with Gasteiger partial charge in [-0.25, -0.2) is 0 Å². The monoisotopic (exact) mass is 264 g/mol. The van der Waals surface area contributed by atoms with E-state index >= 15 is 0 Å². The van der Waals surface area contributed by atoms with E-state index in [1.54, 1.807) is 18.3 Å². The highest BCUT2D eigenvalue weighted by molar-refractivity contribution is 5.85. The number of carboxylic acids is 1. The maximum absolute atomic E-state index is 10.7. The highest BCUT2D eigenvalue weighted by Crippen LogP contribution is 2.19. The highest BCUT2D eigenvalue weighted by Gasteiger charge is 2.13. The smallest absolute Gasteiger partial charge is 0.325 e. The molecular weight excluding hydrogens is 252 g/mol. The lowest BCUT2D eigenvalue weighted by Crippen LogP contribution is -2.20. The Hall–Kier alpha value is -1.91. The zero-order valence-corrected chi connectivity index (χ0v) is 10.3. The van der Waals surface area contributed by atoms with E-state index in [2.05, 4.69) is 4.98 Å². The lowest BCUT2D eigenvalue weighted by atomic mass is 10.0. The van der Waals surface area contributed by atoms with Crippen molar-refractivity contribution in [1.82, 2.24) is 4.98 Å². The van der Waals surface area contributed by atoms with E-state index in [1.165, 1.54) is 0 Å². The first-order valence-electron chi connectivity index (χ1n) is 5.18. The Morgan fingerprint density at radius 2 is 1.83 bits per heavy atom. The van der Waals surface area contributed by atoms with Gasteiger partial charge < -0.3 is 10.8 Å². The molecule has 0 amide bonds. The molecule has 2 rings (SSSR count). The molecule has 1 aromatic carbocycles. The zero-order valence-electron chi connectivity index (χ0n) is 9.48. The molecule has 0 saturated heterocycles. The molecule has 3 N–H and O–H groups in total. The van der Waals surface area contributed by atoms with Gasteiger partial charge in [-0.3, -0.25) is 9.78 Å². The Morgan fingerprint density at radius 1 is 1.17 bits per heavy atom. The maximum atomic E-state index is 10.7. The minimum Gasteiger partial charge on any atom is -0.480 e. The van der Waals surface area contributed by atoms with Gasteiger partial charge in [0, 0.05) is 11.8 Å². The summed E-state index contributed by atoms with van der Waals surface area (Å²) in [5, 5.41) is 8.78. The van der Waals surface area contributed by atoms with Gasteiger partial charge in [0.05, 0.1) is 5.69 Å². The Morgan fingerprint density at radius 3 is 2.33 bits per heavy atom. The van der Waals surface area contributed by atoms with Crippen LogP contribution in [0, 0.1) is 0 Å². The first-order valence-corrected chi connectivity index (χ1v) is 5.18. The van der Waals surface area contributed by atoms with Gasteiger partial charge in [-0.05, 0) is 17.7 Å². The predicted molar refractivity (Wildman–Crippen MR) is 71.5 cm³/mol. The number of aliphatic carboxylic acids is 1. The van der Waals surface area contributed by atoms with Gasteiger partial charge in [0.1, 0.15) is 6.04 Å². The van der Waals surface area contributed by atoms with Crippen LogP contribution in [-0.2, 0) is 4.79 Å². The first kappa shape index (κ1) is 14.2. The predicted octanol–water partition coefficient (Wildman–Crippen LogP) is 2.25. The minimum atomic E-state index is -1.03. The summed E-state index contributed by atoms with van der Waals surface area (Å²) < 4.78 is 0. The van der Waals surface area contributed by atoms with Crippen LogP contribution in [-0.4, -0.2) is 16.1 Å². The van der Waals surface area contributed by atoms with Crippen LogP contribution in [0.3, 0.4) is 0 Å². The summed E-state index contributed by atoms with van der Waals surface area (Å²) in [6.45, 7) is 0. The second kappa shape index (κ2) is 6.14. The molecule has 1 atom stereocenters. The Labute approximate surface area is 111 Å². The van der Waals surface area contributed by atoms with Crippen LogP contribution >= 0.6 is 12.4 Å². The van der Waals surface area contributed by atoms with Crippen LogP contribution in [0.15, 0.2) is 48.7 Å². The number of nitrogens with two attached hydrogens (primary N) is 1. The topological polar surface area (TPSA) is 76.2 Å². The van der Waals surface area contributed by atoms with Crippen LogP contribution < -0.4 is 5.73 Å². The largest absolute Gasteiger partial charge is 0.480 e. The van der Waals surface area contributed by atoms with Crippen LogP contribution in [0.5, 0.6) is 0 Å². The summed E-state index contributed by atoms with van der Waals surface area (Å²) >= 11 is 0. The van der Waals surface area contributed by atoms with Crippen LogP contribution in [0.2, 0.25) is 0 Å². The van der Waals surface area contributed by atoms with Gasteiger partial charge >= 0.3 is 5.97 Å². The number of pyridine rings is 1. The number of rotatable bonds is 3. The molecular formula is C13H13ClN2O2. The van der Waals surface area contributed by atoms with Gasteiger partial charge in [0.15, 0.2) is 0 Å². The van der Waals surface area contributed by atoms with E-state index < -0.39 is 12.0 Å². The molecule has 0 saturated carbocycles. The Kier molecular flexibility index (Phi) is 4.83. The molecule has 18 heavy (non-hydrogen) atoms. The van der Waals surface area contributed by atoms with E-state index in [0.29, 0.717) is 5.56 Å². The number of benzene rings is 1. The summed E-state index contributed by atoms with van der Waals surface area (Å²) in [5.74, 6) is -1.03. The number of carbonyl (C=O) groups is 1. The third-order valence-corrected chi connectivity index (χ3v) is 2.50. The molecule has 0 radical (unpaired) electrons. The zero-order chi connectivity index (χ0) is 12.3. The van der Waals surface area contributed by atoms with Crippen molar-refractivity contribution < 1.29 is 9.90 Å². The summed E-state index contributed by atoms with van der Waals surface area (Å²) in [6, 6.07) is 11.7. The molecule has 0 bridgehead atoms. The van der Waals surface area contributed by atoms with Crippen LogP contribution in [0.4, 0.5) is 0 Å². The normalized spacial score (nSPS) is 11.4. The molecule has 1 aromatic heterocycles. The van der Waals surface area contributed by atoms with Gasteiger partial charge in [0.2, 0.25) is 0 Å². The van der Waals surface area contributed by atoms with E-state index in [1.807, 2.05) is 30.3 Å². The Balaban J connectivity index is 0.00000162. The summed E-state index contributed by atoms with van der Waals surface area (Å²) in [6.07, 6.45) is 1.71.